The Kier molecular flexibility index (Phi) is 4.41. The molecule has 1 amide bonds. The van der Waals surface area contributed by atoms with Crippen LogP contribution in [0.5, 0.6) is 0 Å². The molecular weight excluding hydrogens is 268 g/mol. The number of carbonyl (C=O) groups is 1. The lowest BCUT2D eigenvalue weighted by atomic mass is 9.99. The molecule has 0 radical (unpaired) electrons. The van der Waals surface area contributed by atoms with E-state index >= 15 is 0 Å². The zero-order valence-electron chi connectivity index (χ0n) is 12.3. The Morgan fingerprint density at radius 2 is 2.10 bits per heavy atom. The summed E-state index contributed by atoms with van der Waals surface area (Å²) in [5, 5.41) is 3.38. The van der Waals surface area contributed by atoms with Gasteiger partial charge >= 0.3 is 0 Å². The first-order valence-electron chi connectivity index (χ1n) is 7.93. The number of thiophene rings is 1. The van der Waals surface area contributed by atoms with E-state index < -0.39 is 0 Å². The van der Waals surface area contributed by atoms with Gasteiger partial charge in [-0.05, 0) is 70.2 Å². The van der Waals surface area contributed by atoms with Crippen LogP contribution in [-0.4, -0.2) is 36.5 Å². The molecule has 20 heavy (non-hydrogen) atoms. The fraction of sp³-hybridized carbons (Fsp3) is 0.688. The Morgan fingerprint density at radius 3 is 2.80 bits per heavy atom. The molecule has 1 aliphatic carbocycles. The fourth-order valence-corrected chi connectivity index (χ4v) is 4.63. The van der Waals surface area contributed by atoms with E-state index in [4.69, 9.17) is 0 Å². The van der Waals surface area contributed by atoms with Crippen molar-refractivity contribution in [3.8, 4) is 0 Å². The maximum atomic E-state index is 12.8. The van der Waals surface area contributed by atoms with Crippen molar-refractivity contribution in [2.75, 3.05) is 19.6 Å². The minimum atomic E-state index is 0.263. The third-order valence-corrected chi connectivity index (χ3v) is 5.78. The molecule has 0 bridgehead atoms. The Morgan fingerprint density at radius 1 is 1.35 bits per heavy atom. The van der Waals surface area contributed by atoms with Gasteiger partial charge in [0.15, 0.2) is 0 Å². The molecule has 1 saturated heterocycles. The van der Waals surface area contributed by atoms with E-state index in [1.807, 2.05) is 0 Å². The number of carbonyl (C=O) groups excluding carboxylic acids is 1. The van der Waals surface area contributed by atoms with E-state index in [1.54, 1.807) is 11.3 Å². The van der Waals surface area contributed by atoms with Gasteiger partial charge in [0.05, 0.1) is 4.88 Å². The molecule has 1 aromatic heterocycles. The van der Waals surface area contributed by atoms with Crippen molar-refractivity contribution >= 4 is 17.2 Å². The van der Waals surface area contributed by atoms with Crippen LogP contribution >= 0.6 is 11.3 Å². The minimum absolute atomic E-state index is 0.263. The van der Waals surface area contributed by atoms with Gasteiger partial charge in [0.25, 0.3) is 5.91 Å². The number of aryl methyl sites for hydroxylation is 2. The molecule has 0 spiro atoms. The summed E-state index contributed by atoms with van der Waals surface area (Å²) in [5.74, 6) is 0.263. The van der Waals surface area contributed by atoms with E-state index in [9.17, 15) is 4.79 Å². The van der Waals surface area contributed by atoms with Crippen molar-refractivity contribution in [3.63, 3.8) is 0 Å². The highest BCUT2D eigenvalue weighted by atomic mass is 32.1. The standard InChI is InChI=1S/C16H24N2OS/c1-2-18(13-7-9-17-10-8-13)16(19)15-11-12-5-3-4-6-14(12)20-15/h11,13,17H,2-10H2,1H3. The first-order valence-corrected chi connectivity index (χ1v) is 8.74. The van der Waals surface area contributed by atoms with Crippen molar-refractivity contribution in [1.82, 2.24) is 10.2 Å². The summed E-state index contributed by atoms with van der Waals surface area (Å²) in [7, 11) is 0. The summed E-state index contributed by atoms with van der Waals surface area (Å²) in [6.07, 6.45) is 7.08. The molecular formula is C16H24N2OS. The van der Waals surface area contributed by atoms with E-state index in [0.717, 1.165) is 37.4 Å². The average molecular weight is 292 g/mol. The Balaban J connectivity index is 1.77. The lowest BCUT2D eigenvalue weighted by Gasteiger charge is -2.33. The Hall–Kier alpha value is -0.870. The van der Waals surface area contributed by atoms with Crippen LogP contribution in [0.25, 0.3) is 0 Å². The van der Waals surface area contributed by atoms with E-state index in [0.29, 0.717) is 6.04 Å². The van der Waals surface area contributed by atoms with Gasteiger partial charge in [0, 0.05) is 17.5 Å². The molecule has 1 fully saturated rings. The van der Waals surface area contributed by atoms with Gasteiger partial charge in [-0.3, -0.25) is 4.79 Å². The summed E-state index contributed by atoms with van der Waals surface area (Å²) in [5.41, 5.74) is 1.44. The largest absolute Gasteiger partial charge is 0.335 e. The van der Waals surface area contributed by atoms with E-state index in [2.05, 4.69) is 23.2 Å². The van der Waals surface area contributed by atoms with E-state index in [1.165, 1.54) is 36.1 Å². The molecule has 4 heteroatoms. The quantitative estimate of drug-likeness (QED) is 0.929. The molecule has 0 saturated carbocycles. The second-order valence-electron chi connectivity index (χ2n) is 5.84. The second-order valence-corrected chi connectivity index (χ2v) is 6.98. The van der Waals surface area contributed by atoms with Crippen molar-refractivity contribution in [2.45, 2.75) is 51.5 Å². The molecule has 1 N–H and O–H groups in total. The molecule has 3 rings (SSSR count). The maximum absolute atomic E-state index is 12.8. The zero-order valence-corrected chi connectivity index (χ0v) is 13.1. The fourth-order valence-electron chi connectivity index (χ4n) is 3.42. The van der Waals surface area contributed by atoms with Crippen LogP contribution in [0.15, 0.2) is 6.07 Å². The molecule has 110 valence electrons. The monoisotopic (exact) mass is 292 g/mol. The molecule has 1 aliphatic heterocycles. The number of nitrogens with one attached hydrogen (secondary N) is 1. The minimum Gasteiger partial charge on any atom is -0.335 e. The van der Waals surface area contributed by atoms with Crippen LogP contribution in [0.3, 0.4) is 0 Å². The van der Waals surface area contributed by atoms with Gasteiger partial charge in [-0.1, -0.05) is 0 Å². The number of piperidine rings is 1. The Bertz CT molecular complexity index is 453. The maximum Gasteiger partial charge on any atom is 0.264 e. The summed E-state index contributed by atoms with van der Waals surface area (Å²) in [6.45, 7) is 5.00. The highest BCUT2D eigenvalue weighted by molar-refractivity contribution is 7.14. The number of fused-ring (bicyclic) bond motifs is 1. The molecule has 2 heterocycles. The molecule has 0 atom stereocenters. The predicted octanol–water partition coefficient (Wildman–Crippen LogP) is 2.84. The highest BCUT2D eigenvalue weighted by Gasteiger charge is 2.27. The van der Waals surface area contributed by atoms with Gasteiger partial charge in [-0.15, -0.1) is 11.3 Å². The zero-order chi connectivity index (χ0) is 13.9. The SMILES string of the molecule is CCN(C(=O)c1cc2c(s1)CCCC2)C1CCNCC1. The second kappa shape index (κ2) is 6.27. The third kappa shape index (κ3) is 2.77. The van der Waals surface area contributed by atoms with Crippen LogP contribution in [0.4, 0.5) is 0 Å². The predicted molar refractivity (Wildman–Crippen MR) is 83.6 cm³/mol. The molecule has 3 nitrogen and oxygen atoms in total. The molecule has 2 aliphatic rings. The van der Waals surface area contributed by atoms with Crippen LogP contribution < -0.4 is 5.32 Å². The van der Waals surface area contributed by atoms with Gasteiger partial charge in [-0.25, -0.2) is 0 Å². The summed E-state index contributed by atoms with van der Waals surface area (Å²) in [4.78, 5) is 17.3. The van der Waals surface area contributed by atoms with Crippen molar-refractivity contribution in [3.05, 3.63) is 21.4 Å². The molecule has 0 unspecified atom stereocenters. The average Bonchev–Trinajstić information content (AvgIpc) is 2.93. The number of nitrogens with zero attached hydrogens (tertiary/aromatic N) is 1. The van der Waals surface area contributed by atoms with Gasteiger partial charge in [0.1, 0.15) is 0 Å². The first kappa shape index (κ1) is 14.1. The van der Waals surface area contributed by atoms with E-state index in [-0.39, 0.29) is 5.91 Å². The van der Waals surface area contributed by atoms with Crippen molar-refractivity contribution < 1.29 is 4.79 Å². The summed E-state index contributed by atoms with van der Waals surface area (Å²) in [6, 6.07) is 2.60. The van der Waals surface area contributed by atoms with Crippen LogP contribution in [0, 0.1) is 0 Å². The van der Waals surface area contributed by atoms with Gasteiger partial charge < -0.3 is 10.2 Å². The number of rotatable bonds is 3. The summed E-state index contributed by atoms with van der Waals surface area (Å²) < 4.78 is 0. The highest BCUT2D eigenvalue weighted by Crippen LogP contribution is 2.31. The lowest BCUT2D eigenvalue weighted by Crippen LogP contribution is -2.45. The van der Waals surface area contributed by atoms with Crippen LogP contribution in [-0.2, 0) is 12.8 Å². The van der Waals surface area contributed by atoms with Crippen LogP contribution in [0.1, 0.15) is 52.7 Å². The van der Waals surface area contributed by atoms with Crippen LogP contribution in [0.2, 0.25) is 0 Å². The lowest BCUT2D eigenvalue weighted by molar-refractivity contribution is 0.0661. The van der Waals surface area contributed by atoms with Crippen molar-refractivity contribution in [2.24, 2.45) is 0 Å². The third-order valence-electron chi connectivity index (χ3n) is 4.56. The number of hydrogen-bond acceptors (Lipinski definition) is 3. The smallest absolute Gasteiger partial charge is 0.264 e. The number of amides is 1. The van der Waals surface area contributed by atoms with Gasteiger partial charge in [-0.2, -0.15) is 0 Å². The Labute approximate surface area is 125 Å². The number of hydrogen-bond donors (Lipinski definition) is 1. The summed E-state index contributed by atoms with van der Waals surface area (Å²) >= 11 is 1.74. The molecule has 0 aromatic carbocycles. The van der Waals surface area contributed by atoms with Gasteiger partial charge in [0.2, 0.25) is 0 Å². The molecule has 1 aromatic rings. The van der Waals surface area contributed by atoms with Crippen molar-refractivity contribution in [1.29, 1.82) is 0 Å². The normalized spacial score (nSPS) is 19.6. The topological polar surface area (TPSA) is 32.3 Å². The first-order chi connectivity index (χ1) is 9.79.